The maximum absolute atomic E-state index is 14.9. The molecule has 1 fully saturated rings. The second-order valence-corrected chi connectivity index (χ2v) is 10.1. The van der Waals surface area contributed by atoms with E-state index in [0.29, 0.717) is 11.8 Å². The molecule has 2 aromatic rings. The summed E-state index contributed by atoms with van der Waals surface area (Å²) in [6.07, 6.45) is -3.98. The fourth-order valence-electron chi connectivity index (χ4n) is 4.26. The van der Waals surface area contributed by atoms with Crippen LogP contribution >= 0.6 is 11.8 Å². The number of anilines is 1. The molecule has 2 heterocycles. The number of nitrogens with one attached hydrogen (secondary N) is 1. The van der Waals surface area contributed by atoms with Crippen LogP contribution in [-0.4, -0.2) is 51.8 Å². The zero-order valence-electron chi connectivity index (χ0n) is 19.0. The van der Waals surface area contributed by atoms with E-state index < -0.39 is 29.5 Å². The maximum atomic E-state index is 14.9. The number of halogens is 4. The summed E-state index contributed by atoms with van der Waals surface area (Å²) in [5.41, 5.74) is 5.51. The van der Waals surface area contributed by atoms with Crippen molar-refractivity contribution in [1.82, 2.24) is 9.97 Å². The lowest BCUT2D eigenvalue weighted by atomic mass is 9.85. The second kappa shape index (κ2) is 8.94. The maximum Gasteiger partial charge on any atom is 0.425 e. The molecule has 4 atom stereocenters. The van der Waals surface area contributed by atoms with Crippen LogP contribution in [0.25, 0.3) is 0 Å². The fourth-order valence-corrected chi connectivity index (χ4v) is 5.71. The molecule has 1 saturated carbocycles. The Morgan fingerprint density at radius 2 is 2.09 bits per heavy atom. The van der Waals surface area contributed by atoms with Crippen LogP contribution in [0.3, 0.4) is 0 Å². The zero-order chi connectivity index (χ0) is 25.6. The number of nitrogens with two attached hydrogens (primary N) is 1. The highest BCUT2D eigenvalue weighted by atomic mass is 32.2. The van der Waals surface area contributed by atoms with Crippen molar-refractivity contribution in [1.29, 1.82) is 0 Å². The topological polar surface area (TPSA) is 112 Å². The predicted octanol–water partition coefficient (Wildman–Crippen LogP) is 3.88. The molecule has 1 aromatic carbocycles. The van der Waals surface area contributed by atoms with Crippen molar-refractivity contribution in [3.05, 3.63) is 47.7 Å². The van der Waals surface area contributed by atoms with Crippen molar-refractivity contribution in [2.24, 2.45) is 16.6 Å². The average Bonchev–Trinajstić information content (AvgIpc) is 3.49. The standard InChI is InChI=1S/C22H23F4N5O3S/c1-11(22(24,25)26)34-17-9-28-15(8-29-17)18(32)30-12-4-5-14(23)13(6-12)20(2)16-7-21(16,10-33-3)35-19(27)31-20/h4-6,8-9,11,16H,7,10H2,1-3H3,(H2,27,31)(H,30,32)/t11?,16-,20+,21+/m0/s1. The van der Waals surface area contributed by atoms with Crippen LogP contribution in [-0.2, 0) is 10.3 Å². The Kier molecular flexibility index (Phi) is 6.43. The minimum Gasteiger partial charge on any atom is -0.464 e. The third kappa shape index (κ3) is 4.92. The lowest BCUT2D eigenvalue weighted by Gasteiger charge is -2.34. The van der Waals surface area contributed by atoms with E-state index in [1.54, 1.807) is 14.0 Å². The van der Waals surface area contributed by atoms with Gasteiger partial charge in [0, 0.05) is 24.3 Å². The Bertz CT molecular complexity index is 1160. The van der Waals surface area contributed by atoms with Crippen molar-refractivity contribution in [2.75, 3.05) is 19.0 Å². The van der Waals surface area contributed by atoms with Gasteiger partial charge in [-0.05, 0) is 38.5 Å². The number of methoxy groups -OCH3 is 1. The molecule has 0 saturated heterocycles. The first-order chi connectivity index (χ1) is 16.4. The molecule has 13 heteroatoms. The molecule has 8 nitrogen and oxygen atoms in total. The number of ether oxygens (including phenoxy) is 2. The molecule has 1 unspecified atom stereocenters. The molecule has 1 aliphatic carbocycles. The van der Waals surface area contributed by atoms with Crippen molar-refractivity contribution in [2.45, 2.75) is 42.8 Å². The third-order valence-electron chi connectivity index (χ3n) is 6.13. The Hall–Kier alpha value is -2.93. The second-order valence-electron chi connectivity index (χ2n) is 8.64. The van der Waals surface area contributed by atoms with Crippen LogP contribution in [0.1, 0.15) is 36.3 Å². The molecule has 0 radical (unpaired) electrons. The molecule has 0 bridgehead atoms. The van der Waals surface area contributed by atoms with Crippen LogP contribution < -0.4 is 15.8 Å². The first-order valence-electron chi connectivity index (χ1n) is 10.6. The molecule has 1 amide bonds. The number of aliphatic imine (C=N–C) groups is 1. The van der Waals surface area contributed by atoms with Gasteiger partial charge in [0.1, 0.15) is 11.5 Å². The molecular formula is C22H23F4N5O3S. The zero-order valence-corrected chi connectivity index (χ0v) is 19.8. The van der Waals surface area contributed by atoms with E-state index in [1.807, 2.05) is 0 Å². The number of aromatic nitrogens is 2. The molecule has 2 aliphatic rings. The minimum atomic E-state index is -4.57. The highest BCUT2D eigenvalue weighted by Gasteiger charge is 2.66. The molecule has 35 heavy (non-hydrogen) atoms. The number of benzene rings is 1. The van der Waals surface area contributed by atoms with Crippen molar-refractivity contribution in [3.63, 3.8) is 0 Å². The Morgan fingerprint density at radius 1 is 1.34 bits per heavy atom. The van der Waals surface area contributed by atoms with E-state index in [9.17, 15) is 22.4 Å². The number of alkyl halides is 3. The number of rotatable bonds is 7. The van der Waals surface area contributed by atoms with Crippen molar-refractivity contribution in [3.8, 4) is 5.88 Å². The number of amidine groups is 1. The van der Waals surface area contributed by atoms with Crippen LogP contribution in [0.4, 0.5) is 23.2 Å². The summed E-state index contributed by atoms with van der Waals surface area (Å²) < 4.78 is 62.6. The highest BCUT2D eigenvalue weighted by Crippen LogP contribution is 2.66. The lowest BCUT2D eigenvalue weighted by molar-refractivity contribution is -0.190. The van der Waals surface area contributed by atoms with Gasteiger partial charge in [0.05, 0.1) is 29.3 Å². The number of amides is 1. The molecule has 0 spiro atoms. The van der Waals surface area contributed by atoms with E-state index in [0.717, 1.165) is 25.7 Å². The van der Waals surface area contributed by atoms with Crippen molar-refractivity contribution < 1.29 is 31.8 Å². The van der Waals surface area contributed by atoms with Gasteiger partial charge in [0.2, 0.25) is 5.88 Å². The van der Waals surface area contributed by atoms with Gasteiger partial charge in [0.25, 0.3) is 5.91 Å². The van der Waals surface area contributed by atoms with E-state index in [4.69, 9.17) is 10.5 Å². The summed E-state index contributed by atoms with van der Waals surface area (Å²) in [7, 11) is 1.60. The average molecular weight is 514 g/mol. The molecule has 3 N–H and O–H groups in total. The number of carbonyl (C=O) groups excluding carboxylic acids is 1. The monoisotopic (exact) mass is 513 g/mol. The predicted molar refractivity (Wildman–Crippen MR) is 122 cm³/mol. The number of carbonyl (C=O) groups is 1. The van der Waals surface area contributed by atoms with Gasteiger partial charge in [-0.1, -0.05) is 11.8 Å². The number of hydrogen-bond acceptors (Lipinski definition) is 8. The summed E-state index contributed by atoms with van der Waals surface area (Å²) in [5.74, 6) is -1.56. The van der Waals surface area contributed by atoms with Crippen LogP contribution in [0.2, 0.25) is 0 Å². The first-order valence-corrected chi connectivity index (χ1v) is 11.4. The largest absolute Gasteiger partial charge is 0.464 e. The smallest absolute Gasteiger partial charge is 0.425 e. The first kappa shape index (κ1) is 25.2. The summed E-state index contributed by atoms with van der Waals surface area (Å²) in [6.45, 7) is 3.09. The van der Waals surface area contributed by atoms with E-state index >= 15 is 0 Å². The van der Waals surface area contributed by atoms with Crippen LogP contribution in [0.5, 0.6) is 5.88 Å². The Balaban J connectivity index is 1.52. The summed E-state index contributed by atoms with van der Waals surface area (Å²) in [5, 5.41) is 2.94. The van der Waals surface area contributed by atoms with Crippen LogP contribution in [0, 0.1) is 11.7 Å². The Morgan fingerprint density at radius 3 is 2.71 bits per heavy atom. The quantitative estimate of drug-likeness (QED) is 0.541. The highest BCUT2D eigenvalue weighted by molar-refractivity contribution is 8.15. The lowest BCUT2D eigenvalue weighted by Crippen LogP contribution is -2.37. The summed E-state index contributed by atoms with van der Waals surface area (Å²) in [6, 6.07) is 4.10. The SMILES string of the molecule is COC[C@]12C[C@H]1[C@@](C)(c1cc(NC(=O)c3cnc(OC(C)C(F)(F)F)cn3)ccc1F)N=C(N)S2. The fraction of sp³-hybridized carbons (Fsp3) is 0.455. The van der Waals surface area contributed by atoms with Gasteiger partial charge in [0.15, 0.2) is 11.3 Å². The van der Waals surface area contributed by atoms with E-state index in [-0.39, 0.29) is 33.5 Å². The van der Waals surface area contributed by atoms with E-state index in [2.05, 4.69) is 25.0 Å². The van der Waals surface area contributed by atoms with Gasteiger partial charge >= 0.3 is 6.18 Å². The minimum absolute atomic E-state index is 0.00907. The number of thioether (sulfide) groups is 1. The third-order valence-corrected chi connectivity index (χ3v) is 7.41. The molecule has 1 aliphatic heterocycles. The molecule has 4 rings (SSSR count). The molecule has 188 valence electrons. The summed E-state index contributed by atoms with van der Waals surface area (Å²) in [4.78, 5) is 24.7. The number of fused-ring (bicyclic) bond motifs is 1. The van der Waals surface area contributed by atoms with Gasteiger partial charge < -0.3 is 20.5 Å². The van der Waals surface area contributed by atoms with Gasteiger partial charge in [-0.3, -0.25) is 9.79 Å². The van der Waals surface area contributed by atoms with Crippen molar-refractivity contribution >= 4 is 28.5 Å². The van der Waals surface area contributed by atoms with Gasteiger partial charge in [-0.2, -0.15) is 13.2 Å². The number of nitrogens with zero attached hydrogens (tertiary/aromatic N) is 3. The number of hydrogen-bond donors (Lipinski definition) is 2. The van der Waals surface area contributed by atoms with Crippen LogP contribution in [0.15, 0.2) is 35.6 Å². The Labute approximate surface area is 202 Å². The molecule has 1 aromatic heterocycles. The van der Waals surface area contributed by atoms with Gasteiger partial charge in [-0.25, -0.2) is 14.4 Å². The molecular weight excluding hydrogens is 490 g/mol. The summed E-state index contributed by atoms with van der Waals surface area (Å²) >= 11 is 1.43. The van der Waals surface area contributed by atoms with E-state index in [1.165, 1.54) is 30.0 Å². The normalized spacial score (nSPS) is 26.4. The van der Waals surface area contributed by atoms with Gasteiger partial charge in [-0.15, -0.1) is 0 Å².